The van der Waals surface area contributed by atoms with E-state index in [0.717, 1.165) is 12.0 Å². The zero-order chi connectivity index (χ0) is 8.91. The summed E-state index contributed by atoms with van der Waals surface area (Å²) in [6.45, 7) is 8.60. The maximum Gasteiger partial charge on any atom is 1.00 e. The molecule has 0 spiro atoms. The number of allylic oxidation sites excluding steroid dienone is 2. The molecular weight excluding hydrogens is 157 g/mol. The van der Waals surface area contributed by atoms with E-state index in [-0.39, 0.29) is 18.9 Å². The van der Waals surface area contributed by atoms with Gasteiger partial charge >= 0.3 is 18.9 Å². The fourth-order valence-electron chi connectivity index (χ4n) is 0.755. The van der Waals surface area contributed by atoms with E-state index in [2.05, 4.69) is 31.8 Å². The quantitative estimate of drug-likeness (QED) is 0.333. The van der Waals surface area contributed by atoms with E-state index in [9.17, 15) is 0 Å². The summed E-state index contributed by atoms with van der Waals surface area (Å²) in [5, 5.41) is 8.80. The van der Waals surface area contributed by atoms with Crippen LogP contribution in [-0.2, 0) is 0 Å². The van der Waals surface area contributed by atoms with Crippen molar-refractivity contribution in [2.24, 2.45) is 0 Å². The molecule has 12 heavy (non-hydrogen) atoms. The van der Waals surface area contributed by atoms with Gasteiger partial charge in [-0.15, -0.1) is 18.6 Å². The molecule has 0 amide bonds. The van der Waals surface area contributed by atoms with Gasteiger partial charge in [-0.1, -0.05) is 33.8 Å². The van der Waals surface area contributed by atoms with Crippen molar-refractivity contribution in [3.8, 4) is 6.07 Å². The Kier molecular flexibility index (Phi) is 7.74. The van der Waals surface area contributed by atoms with Gasteiger partial charge in [-0.2, -0.15) is 0 Å². The van der Waals surface area contributed by atoms with Crippen molar-refractivity contribution < 1.29 is 18.9 Å². The Balaban J connectivity index is 0. The largest absolute Gasteiger partial charge is 1.00 e. The second kappa shape index (κ2) is 6.43. The minimum atomic E-state index is -1.32. The van der Waals surface area contributed by atoms with Gasteiger partial charge in [0, 0.05) is 0 Å². The third kappa shape index (κ3) is 5.55. The average molecular weight is 173 g/mol. The second-order valence-electron chi connectivity index (χ2n) is 3.61. The van der Waals surface area contributed by atoms with E-state index < -0.39 is 8.07 Å². The van der Waals surface area contributed by atoms with Crippen LogP contribution in [0.4, 0.5) is 0 Å². The topological polar surface area (TPSA) is 23.8 Å². The van der Waals surface area contributed by atoms with Crippen molar-refractivity contribution in [2.45, 2.75) is 33.0 Å². The molecule has 0 aromatic heterocycles. The molecule has 0 radical (unpaired) electrons. The van der Waals surface area contributed by atoms with E-state index in [4.69, 9.17) is 5.26 Å². The average Bonchev–Trinajstić information content (AvgIpc) is 1.87. The van der Waals surface area contributed by atoms with Crippen LogP contribution in [0.15, 0.2) is 12.2 Å². The molecule has 0 aliphatic carbocycles. The number of hydrogen-bond donors (Lipinski definition) is 0. The molecule has 62 valence electrons. The standard InChI is InChI=1S/C9H16NSi.Li/c1-5-6-7-9(8-10)11(2,3)4;/h5-6H,7H2,1-4H3;/q-1;+1/b6-5+;. The molecule has 0 rings (SSSR count). The minimum Gasteiger partial charge on any atom is -0.273 e. The Hall–Kier alpha value is -0.0857. The van der Waals surface area contributed by atoms with Crippen LogP contribution >= 0.6 is 0 Å². The van der Waals surface area contributed by atoms with Crippen molar-refractivity contribution in [1.29, 1.82) is 5.26 Å². The first kappa shape index (κ1) is 14.4. The summed E-state index contributed by atoms with van der Waals surface area (Å²) in [4.78, 5) is 0. The van der Waals surface area contributed by atoms with E-state index in [1.165, 1.54) is 0 Å². The molecule has 0 atom stereocenters. The van der Waals surface area contributed by atoms with Crippen molar-refractivity contribution in [3.05, 3.63) is 17.7 Å². The Labute approximate surface area is 89.0 Å². The number of hydrogen-bond acceptors (Lipinski definition) is 1. The maximum absolute atomic E-state index is 8.80. The van der Waals surface area contributed by atoms with Crippen LogP contribution in [0.2, 0.25) is 19.6 Å². The van der Waals surface area contributed by atoms with Gasteiger partial charge in [0.05, 0.1) is 0 Å². The van der Waals surface area contributed by atoms with Crippen LogP contribution in [0, 0.1) is 16.9 Å². The van der Waals surface area contributed by atoms with Crippen LogP contribution in [0.25, 0.3) is 0 Å². The van der Waals surface area contributed by atoms with Gasteiger partial charge in [-0.25, -0.2) is 5.26 Å². The summed E-state index contributed by atoms with van der Waals surface area (Å²) >= 11 is 0. The molecule has 0 aromatic carbocycles. The van der Waals surface area contributed by atoms with E-state index in [1.54, 1.807) is 0 Å². The van der Waals surface area contributed by atoms with Crippen molar-refractivity contribution >= 4 is 8.07 Å². The van der Waals surface area contributed by atoms with Crippen LogP contribution in [0.1, 0.15) is 13.3 Å². The second-order valence-corrected chi connectivity index (χ2v) is 8.72. The molecule has 0 fully saturated rings. The maximum atomic E-state index is 8.80. The zero-order valence-electron chi connectivity index (χ0n) is 8.81. The molecule has 0 saturated carbocycles. The molecule has 0 bridgehead atoms. The molecular formula is C9H16LiNSi. The molecule has 0 aliphatic rings. The first-order valence-corrected chi connectivity index (χ1v) is 7.40. The summed E-state index contributed by atoms with van der Waals surface area (Å²) in [5.41, 5.74) is 1.08. The third-order valence-electron chi connectivity index (χ3n) is 1.60. The monoisotopic (exact) mass is 173 g/mol. The molecule has 0 unspecified atom stereocenters. The van der Waals surface area contributed by atoms with Gasteiger partial charge in [0.1, 0.15) is 0 Å². The Morgan fingerprint density at radius 2 is 1.92 bits per heavy atom. The van der Waals surface area contributed by atoms with Gasteiger partial charge in [0.15, 0.2) is 0 Å². The summed E-state index contributed by atoms with van der Waals surface area (Å²) < 4.78 is 0. The first-order chi connectivity index (χ1) is 5.02. The molecule has 0 N–H and O–H groups in total. The third-order valence-corrected chi connectivity index (χ3v) is 3.72. The van der Waals surface area contributed by atoms with Gasteiger partial charge in [0.2, 0.25) is 0 Å². The summed E-state index contributed by atoms with van der Waals surface area (Å²) in [7, 11) is -1.32. The van der Waals surface area contributed by atoms with Crippen LogP contribution < -0.4 is 18.9 Å². The Bertz CT molecular complexity index is 176. The summed E-state index contributed by atoms with van der Waals surface area (Å²) in [6.07, 6.45) is 4.90. The van der Waals surface area contributed by atoms with Crippen LogP contribution in [0.5, 0.6) is 0 Å². The molecule has 0 heterocycles. The number of rotatable bonds is 3. The van der Waals surface area contributed by atoms with E-state index >= 15 is 0 Å². The normalized spacial score (nSPS) is 10.6. The van der Waals surface area contributed by atoms with Gasteiger partial charge in [-0.05, 0) is 6.92 Å². The Morgan fingerprint density at radius 1 is 1.42 bits per heavy atom. The number of nitriles is 1. The fraction of sp³-hybridized carbons (Fsp3) is 0.556. The van der Waals surface area contributed by atoms with E-state index in [1.807, 2.05) is 13.0 Å². The number of nitrogens with zero attached hydrogens (tertiary/aromatic N) is 1. The summed E-state index contributed by atoms with van der Waals surface area (Å²) in [6, 6.07) is 2.30. The van der Waals surface area contributed by atoms with Crippen LogP contribution in [-0.4, -0.2) is 8.07 Å². The van der Waals surface area contributed by atoms with Gasteiger partial charge < -0.3 is 0 Å². The molecule has 3 heteroatoms. The smallest absolute Gasteiger partial charge is 0.273 e. The van der Waals surface area contributed by atoms with Crippen LogP contribution in [0.3, 0.4) is 0 Å². The van der Waals surface area contributed by atoms with E-state index in [0.29, 0.717) is 0 Å². The van der Waals surface area contributed by atoms with Gasteiger partial charge in [-0.3, -0.25) is 5.54 Å². The predicted octanol–water partition coefficient (Wildman–Crippen LogP) is -0.0679. The summed E-state index contributed by atoms with van der Waals surface area (Å²) in [5.74, 6) is 0. The van der Waals surface area contributed by atoms with Crippen molar-refractivity contribution in [1.82, 2.24) is 0 Å². The molecule has 0 aliphatic heterocycles. The molecule has 0 saturated heterocycles. The Morgan fingerprint density at radius 3 is 2.17 bits per heavy atom. The zero-order valence-corrected chi connectivity index (χ0v) is 9.81. The molecule has 0 aromatic rings. The minimum absolute atomic E-state index is 0. The van der Waals surface area contributed by atoms with Gasteiger partial charge in [0.25, 0.3) is 0 Å². The molecule has 1 nitrogen and oxygen atoms in total. The van der Waals surface area contributed by atoms with Crippen molar-refractivity contribution in [2.75, 3.05) is 0 Å². The first-order valence-electron chi connectivity index (χ1n) is 3.90. The predicted molar refractivity (Wildman–Crippen MR) is 51.6 cm³/mol. The van der Waals surface area contributed by atoms with Crippen molar-refractivity contribution in [3.63, 3.8) is 0 Å². The SMILES string of the molecule is C/C=C/C[C-](C#N)[Si](C)(C)C.[Li+]. The fourth-order valence-corrected chi connectivity index (χ4v) is 1.82.